The topological polar surface area (TPSA) is 96.1 Å². The van der Waals surface area contributed by atoms with Crippen LogP contribution in [0.3, 0.4) is 0 Å². The van der Waals surface area contributed by atoms with Gasteiger partial charge in [-0.3, -0.25) is 0 Å². The van der Waals surface area contributed by atoms with E-state index < -0.39 is 5.92 Å². The van der Waals surface area contributed by atoms with E-state index in [1.165, 1.54) is 0 Å². The Morgan fingerprint density at radius 3 is 2.50 bits per heavy atom. The van der Waals surface area contributed by atoms with E-state index in [9.17, 15) is 10.4 Å². The first-order chi connectivity index (χ1) is 12.6. The molecule has 0 unspecified atom stereocenters. The molecule has 1 aliphatic rings. The molecule has 4 rings (SSSR count). The summed E-state index contributed by atoms with van der Waals surface area (Å²) in [6.45, 7) is 1.87. The Hall–Kier alpha value is -3.52. The molecule has 128 valence electrons. The third kappa shape index (κ3) is 2.35. The third-order valence-corrected chi connectivity index (χ3v) is 4.85. The van der Waals surface area contributed by atoms with Crippen molar-refractivity contribution in [1.29, 1.82) is 5.26 Å². The first kappa shape index (κ1) is 16.0. The fourth-order valence-electron chi connectivity index (χ4n) is 3.70. The summed E-state index contributed by atoms with van der Waals surface area (Å²) in [6.07, 6.45) is 0. The number of benzene rings is 2. The van der Waals surface area contributed by atoms with Gasteiger partial charge in [0.1, 0.15) is 5.75 Å². The molecule has 0 radical (unpaired) electrons. The number of nitrogens with two attached hydrogens (primary N) is 1. The quantitative estimate of drug-likeness (QED) is 0.739. The average molecular weight is 343 g/mol. The van der Waals surface area contributed by atoms with Crippen LogP contribution in [0.4, 0.5) is 0 Å². The normalized spacial score (nSPS) is 19.1. The van der Waals surface area contributed by atoms with E-state index >= 15 is 0 Å². The Morgan fingerprint density at radius 1 is 1.08 bits per heavy atom. The predicted molar refractivity (Wildman–Crippen MR) is 96.3 cm³/mol. The molecular weight excluding hydrogens is 326 g/mol. The second-order valence-electron chi connectivity index (χ2n) is 6.40. The molecule has 1 aromatic heterocycles. The minimum Gasteiger partial charge on any atom is -0.508 e. The van der Waals surface area contributed by atoms with Crippen molar-refractivity contribution < 1.29 is 9.63 Å². The van der Waals surface area contributed by atoms with Crippen molar-refractivity contribution in [3.8, 4) is 11.8 Å². The van der Waals surface area contributed by atoms with E-state index in [4.69, 9.17) is 10.3 Å². The van der Waals surface area contributed by atoms with E-state index in [0.29, 0.717) is 17.0 Å². The molecular formula is C21H17N3O2. The van der Waals surface area contributed by atoms with E-state index in [1.807, 2.05) is 43.3 Å². The van der Waals surface area contributed by atoms with Gasteiger partial charge in [0.2, 0.25) is 0 Å². The van der Waals surface area contributed by atoms with Crippen molar-refractivity contribution in [1.82, 2.24) is 5.16 Å². The summed E-state index contributed by atoms with van der Waals surface area (Å²) in [7, 11) is 0. The van der Waals surface area contributed by atoms with Crippen LogP contribution < -0.4 is 5.73 Å². The molecule has 3 N–H and O–H groups in total. The number of aromatic hydroxyl groups is 1. The zero-order valence-electron chi connectivity index (χ0n) is 14.2. The molecule has 0 bridgehead atoms. The van der Waals surface area contributed by atoms with Crippen molar-refractivity contribution in [3.05, 3.63) is 94.0 Å². The van der Waals surface area contributed by atoms with Gasteiger partial charge in [-0.05, 0) is 30.2 Å². The maximum atomic E-state index is 9.88. The highest BCUT2D eigenvalue weighted by atomic mass is 16.5. The summed E-state index contributed by atoms with van der Waals surface area (Å²) < 4.78 is 5.65. The summed E-state index contributed by atoms with van der Waals surface area (Å²) in [6, 6.07) is 18.9. The standard InChI is InChI=1S/C21H17N3O2/c1-12-17-18(13-6-3-2-4-7-13)16(11-22)20(23)19(21(17)26-24-12)14-8-5-9-15(25)10-14/h2-10,18-19,25H,23H2,1H3/t18-,19+/m1/s1. The number of nitrogens with zero attached hydrogens (tertiary/aromatic N) is 2. The Morgan fingerprint density at radius 2 is 1.81 bits per heavy atom. The maximum absolute atomic E-state index is 9.88. The number of nitriles is 1. The Kier molecular flexibility index (Phi) is 3.74. The Balaban J connectivity index is 1.99. The van der Waals surface area contributed by atoms with Gasteiger partial charge < -0.3 is 15.4 Å². The van der Waals surface area contributed by atoms with Gasteiger partial charge in [-0.1, -0.05) is 47.6 Å². The molecule has 3 aromatic rings. The van der Waals surface area contributed by atoms with Gasteiger partial charge >= 0.3 is 0 Å². The molecule has 1 aliphatic carbocycles. The minimum atomic E-state index is -0.451. The molecule has 5 heteroatoms. The van der Waals surface area contributed by atoms with Crippen molar-refractivity contribution >= 4 is 0 Å². The lowest BCUT2D eigenvalue weighted by Gasteiger charge is -2.29. The van der Waals surface area contributed by atoms with Crippen LogP contribution in [0.25, 0.3) is 0 Å². The number of rotatable bonds is 2. The summed E-state index contributed by atoms with van der Waals surface area (Å²) in [5, 5.41) is 23.9. The van der Waals surface area contributed by atoms with Gasteiger partial charge in [-0.15, -0.1) is 0 Å². The molecule has 2 aromatic carbocycles. The van der Waals surface area contributed by atoms with E-state index in [1.54, 1.807) is 18.2 Å². The molecule has 2 atom stereocenters. The molecule has 5 nitrogen and oxygen atoms in total. The van der Waals surface area contributed by atoms with Gasteiger partial charge in [-0.2, -0.15) is 5.26 Å². The smallest absolute Gasteiger partial charge is 0.154 e. The second-order valence-corrected chi connectivity index (χ2v) is 6.40. The Bertz CT molecular complexity index is 1040. The molecule has 0 amide bonds. The van der Waals surface area contributed by atoms with Crippen molar-refractivity contribution in [2.24, 2.45) is 5.73 Å². The van der Waals surface area contributed by atoms with Crippen LogP contribution in [-0.4, -0.2) is 10.3 Å². The van der Waals surface area contributed by atoms with Gasteiger partial charge in [-0.25, -0.2) is 0 Å². The zero-order chi connectivity index (χ0) is 18.3. The lowest BCUT2D eigenvalue weighted by Crippen LogP contribution is -2.24. The molecule has 0 aliphatic heterocycles. The van der Waals surface area contributed by atoms with Crippen LogP contribution >= 0.6 is 0 Å². The number of hydrogen-bond acceptors (Lipinski definition) is 5. The maximum Gasteiger partial charge on any atom is 0.154 e. The molecule has 1 heterocycles. The molecule has 26 heavy (non-hydrogen) atoms. The fourth-order valence-corrected chi connectivity index (χ4v) is 3.70. The Labute approximate surface area is 151 Å². The highest BCUT2D eigenvalue weighted by Crippen LogP contribution is 2.48. The second kappa shape index (κ2) is 6.08. The highest BCUT2D eigenvalue weighted by Gasteiger charge is 2.40. The zero-order valence-corrected chi connectivity index (χ0v) is 14.2. The number of phenolic OH excluding ortho intramolecular Hbond substituents is 1. The van der Waals surface area contributed by atoms with Crippen LogP contribution in [-0.2, 0) is 0 Å². The SMILES string of the molecule is Cc1noc2c1[C@H](c1ccccc1)C(C#N)=C(N)[C@@H]2c1cccc(O)c1. The van der Waals surface area contributed by atoms with Crippen LogP contribution in [0.1, 0.15) is 40.0 Å². The van der Waals surface area contributed by atoms with Crippen LogP contribution in [0.5, 0.6) is 5.75 Å². The number of phenols is 1. The monoisotopic (exact) mass is 343 g/mol. The minimum absolute atomic E-state index is 0.136. The van der Waals surface area contributed by atoms with Crippen LogP contribution in [0.2, 0.25) is 0 Å². The molecule has 0 spiro atoms. The summed E-state index contributed by atoms with van der Waals surface area (Å²) >= 11 is 0. The van der Waals surface area contributed by atoms with Gasteiger partial charge in [0.25, 0.3) is 0 Å². The molecule has 0 saturated heterocycles. The summed E-state index contributed by atoms with van der Waals surface area (Å²) in [4.78, 5) is 0. The summed E-state index contributed by atoms with van der Waals surface area (Å²) in [5.74, 6) is -0.000785. The number of aromatic nitrogens is 1. The van der Waals surface area contributed by atoms with E-state index in [2.05, 4.69) is 11.2 Å². The third-order valence-electron chi connectivity index (χ3n) is 4.85. The fraction of sp³-hybridized carbons (Fsp3) is 0.143. The summed E-state index contributed by atoms with van der Waals surface area (Å²) in [5.41, 5.74) is 10.7. The number of fused-ring (bicyclic) bond motifs is 1. The van der Waals surface area contributed by atoms with E-state index in [-0.39, 0.29) is 11.7 Å². The van der Waals surface area contributed by atoms with Gasteiger partial charge in [0, 0.05) is 11.3 Å². The largest absolute Gasteiger partial charge is 0.508 e. The van der Waals surface area contributed by atoms with Crippen molar-refractivity contribution in [2.75, 3.05) is 0 Å². The van der Waals surface area contributed by atoms with Crippen LogP contribution in [0, 0.1) is 18.3 Å². The highest BCUT2D eigenvalue weighted by molar-refractivity contribution is 5.59. The van der Waals surface area contributed by atoms with Crippen molar-refractivity contribution in [2.45, 2.75) is 18.8 Å². The number of allylic oxidation sites excluding steroid dienone is 2. The first-order valence-corrected chi connectivity index (χ1v) is 8.31. The number of hydrogen-bond donors (Lipinski definition) is 2. The van der Waals surface area contributed by atoms with Crippen LogP contribution in [0.15, 0.2) is 70.4 Å². The average Bonchev–Trinajstić information content (AvgIpc) is 3.02. The molecule has 0 saturated carbocycles. The van der Waals surface area contributed by atoms with E-state index in [0.717, 1.165) is 22.4 Å². The first-order valence-electron chi connectivity index (χ1n) is 8.31. The predicted octanol–water partition coefficient (Wildman–Crippen LogP) is 3.70. The van der Waals surface area contributed by atoms with Gasteiger partial charge in [0.05, 0.1) is 29.2 Å². The molecule has 0 fully saturated rings. The van der Waals surface area contributed by atoms with Crippen molar-refractivity contribution in [3.63, 3.8) is 0 Å². The number of aryl methyl sites for hydroxylation is 1. The lowest BCUT2D eigenvalue weighted by molar-refractivity contribution is 0.371. The lowest BCUT2D eigenvalue weighted by atomic mass is 9.73. The van der Waals surface area contributed by atoms with Gasteiger partial charge in [0.15, 0.2) is 5.76 Å².